The molecule has 1 unspecified atom stereocenters. The van der Waals surface area contributed by atoms with Gasteiger partial charge in [0.25, 0.3) is 0 Å². The zero-order valence-corrected chi connectivity index (χ0v) is 12.1. The first-order valence-corrected chi connectivity index (χ1v) is 6.47. The van der Waals surface area contributed by atoms with Gasteiger partial charge in [-0.3, -0.25) is 9.59 Å². The molecule has 0 heterocycles. The number of carbonyl (C=O) groups excluding carboxylic acids is 2. The van der Waals surface area contributed by atoms with Crippen molar-refractivity contribution in [2.24, 2.45) is 11.8 Å². The summed E-state index contributed by atoms with van der Waals surface area (Å²) < 4.78 is 23.8. The molecule has 4 nitrogen and oxygen atoms in total. The van der Waals surface area contributed by atoms with Crippen LogP contribution in [0.1, 0.15) is 31.1 Å². The maximum Gasteiger partial charge on any atom is 0.317 e. The molecule has 0 aliphatic carbocycles. The zero-order valence-electron chi connectivity index (χ0n) is 12.1. The van der Waals surface area contributed by atoms with E-state index in [4.69, 9.17) is 9.47 Å². The predicted molar refractivity (Wildman–Crippen MR) is 72.2 cm³/mol. The van der Waals surface area contributed by atoms with Crippen molar-refractivity contribution in [2.45, 2.75) is 20.8 Å². The smallest absolute Gasteiger partial charge is 0.317 e. The molecule has 5 heteroatoms. The summed E-state index contributed by atoms with van der Waals surface area (Å²) in [5, 5.41) is 0. The van der Waals surface area contributed by atoms with Gasteiger partial charge >= 0.3 is 5.97 Å². The number of halogens is 1. The number of Topliss-reactive ketones (excluding diaryl/α,β-unsaturated/α-hetero) is 1. The summed E-state index contributed by atoms with van der Waals surface area (Å²) >= 11 is 0. The Morgan fingerprint density at radius 3 is 2.45 bits per heavy atom. The third-order valence-corrected chi connectivity index (χ3v) is 2.93. The molecule has 0 N–H and O–H groups in total. The molecule has 1 rings (SSSR count). The lowest BCUT2D eigenvalue weighted by atomic mass is 9.87. The monoisotopic (exact) mass is 282 g/mol. The van der Waals surface area contributed by atoms with Crippen LogP contribution in [0.3, 0.4) is 0 Å². The van der Waals surface area contributed by atoms with Crippen LogP contribution in [0.4, 0.5) is 4.39 Å². The van der Waals surface area contributed by atoms with Crippen LogP contribution in [-0.2, 0) is 9.53 Å². The van der Waals surface area contributed by atoms with Crippen molar-refractivity contribution < 1.29 is 23.5 Å². The normalized spacial score (nSPS) is 12.1. The van der Waals surface area contributed by atoms with E-state index in [-0.39, 0.29) is 23.8 Å². The summed E-state index contributed by atoms with van der Waals surface area (Å²) in [6, 6.07) is 4.09. The van der Waals surface area contributed by atoms with Gasteiger partial charge in [-0.1, -0.05) is 19.9 Å². The lowest BCUT2D eigenvalue weighted by molar-refractivity contribution is -0.147. The Hall–Kier alpha value is -1.91. The molecule has 110 valence electrons. The van der Waals surface area contributed by atoms with Gasteiger partial charge in [0.05, 0.1) is 19.3 Å². The first kappa shape index (κ1) is 16.1. The van der Waals surface area contributed by atoms with Crippen molar-refractivity contribution in [3.05, 3.63) is 29.6 Å². The molecule has 20 heavy (non-hydrogen) atoms. The van der Waals surface area contributed by atoms with Crippen molar-refractivity contribution in [3.8, 4) is 5.75 Å². The standard InChI is InChI=1S/C15H19FO4/c1-5-20-15(18)12(9(2)3)14(17)13-10(16)7-6-8-11(13)19-4/h6-9,12H,5H2,1-4H3. The summed E-state index contributed by atoms with van der Waals surface area (Å²) in [6.07, 6.45) is 0. The molecule has 0 saturated heterocycles. The summed E-state index contributed by atoms with van der Waals surface area (Å²) in [6.45, 7) is 5.26. The van der Waals surface area contributed by atoms with Gasteiger partial charge < -0.3 is 9.47 Å². The number of benzene rings is 1. The quantitative estimate of drug-likeness (QED) is 0.457. The highest BCUT2D eigenvalue weighted by Crippen LogP contribution is 2.27. The molecular weight excluding hydrogens is 263 g/mol. The lowest BCUT2D eigenvalue weighted by Gasteiger charge is -2.19. The third-order valence-electron chi connectivity index (χ3n) is 2.93. The Labute approximate surface area is 117 Å². The molecule has 0 radical (unpaired) electrons. The molecule has 0 spiro atoms. The summed E-state index contributed by atoms with van der Waals surface area (Å²) in [4.78, 5) is 24.4. The summed E-state index contributed by atoms with van der Waals surface area (Å²) in [7, 11) is 1.35. The van der Waals surface area contributed by atoms with Crippen LogP contribution >= 0.6 is 0 Å². The fourth-order valence-electron chi connectivity index (χ4n) is 1.98. The minimum atomic E-state index is -1.04. The summed E-state index contributed by atoms with van der Waals surface area (Å²) in [5.41, 5.74) is -0.207. The maximum absolute atomic E-state index is 13.9. The van der Waals surface area contributed by atoms with E-state index in [2.05, 4.69) is 0 Å². The fourth-order valence-corrected chi connectivity index (χ4v) is 1.98. The average Bonchev–Trinajstić information content (AvgIpc) is 2.38. The minimum absolute atomic E-state index is 0.116. The summed E-state index contributed by atoms with van der Waals surface area (Å²) in [5.74, 6) is -3.19. The molecule has 1 atom stereocenters. The Kier molecular flexibility index (Phi) is 5.67. The van der Waals surface area contributed by atoms with E-state index in [0.717, 1.165) is 6.07 Å². The predicted octanol–water partition coefficient (Wildman–Crippen LogP) is 2.85. The Bertz CT molecular complexity index is 497. The number of hydrogen-bond acceptors (Lipinski definition) is 4. The van der Waals surface area contributed by atoms with Crippen LogP contribution in [-0.4, -0.2) is 25.5 Å². The van der Waals surface area contributed by atoms with Gasteiger partial charge in [0.2, 0.25) is 0 Å². The molecule has 0 saturated carbocycles. The van der Waals surface area contributed by atoms with Crippen molar-refractivity contribution in [2.75, 3.05) is 13.7 Å². The Balaban J connectivity index is 3.23. The highest BCUT2D eigenvalue weighted by Gasteiger charge is 2.35. The van der Waals surface area contributed by atoms with E-state index >= 15 is 0 Å². The first-order valence-electron chi connectivity index (χ1n) is 6.47. The molecule has 0 aromatic heterocycles. The Morgan fingerprint density at radius 2 is 1.95 bits per heavy atom. The number of methoxy groups -OCH3 is 1. The van der Waals surface area contributed by atoms with Crippen LogP contribution in [0.5, 0.6) is 5.75 Å². The molecule has 0 fully saturated rings. The van der Waals surface area contributed by atoms with Crippen molar-refractivity contribution >= 4 is 11.8 Å². The average molecular weight is 282 g/mol. The number of rotatable bonds is 6. The van der Waals surface area contributed by atoms with Gasteiger partial charge in [-0.25, -0.2) is 4.39 Å². The number of ketones is 1. The van der Waals surface area contributed by atoms with E-state index in [9.17, 15) is 14.0 Å². The van der Waals surface area contributed by atoms with E-state index in [1.807, 2.05) is 0 Å². The van der Waals surface area contributed by atoms with E-state index in [0.29, 0.717) is 0 Å². The van der Waals surface area contributed by atoms with Gasteiger partial charge in [-0.2, -0.15) is 0 Å². The lowest BCUT2D eigenvalue weighted by Crippen LogP contribution is -2.31. The second kappa shape index (κ2) is 7.03. The molecular formula is C15H19FO4. The van der Waals surface area contributed by atoms with Crippen molar-refractivity contribution in [1.29, 1.82) is 0 Å². The minimum Gasteiger partial charge on any atom is -0.496 e. The first-order chi connectivity index (χ1) is 9.43. The van der Waals surface area contributed by atoms with Gasteiger partial charge in [-0.05, 0) is 25.0 Å². The molecule has 0 aliphatic heterocycles. The van der Waals surface area contributed by atoms with Crippen LogP contribution in [0.2, 0.25) is 0 Å². The SMILES string of the molecule is CCOC(=O)C(C(=O)c1c(F)cccc1OC)C(C)C. The molecule has 0 bridgehead atoms. The van der Waals surface area contributed by atoms with Gasteiger partial charge in [0.15, 0.2) is 5.78 Å². The highest BCUT2D eigenvalue weighted by atomic mass is 19.1. The van der Waals surface area contributed by atoms with Crippen LogP contribution < -0.4 is 4.74 Å². The largest absolute Gasteiger partial charge is 0.496 e. The Morgan fingerprint density at radius 1 is 1.30 bits per heavy atom. The van der Waals surface area contributed by atoms with E-state index < -0.39 is 23.5 Å². The highest BCUT2D eigenvalue weighted by molar-refractivity contribution is 6.10. The van der Waals surface area contributed by atoms with Gasteiger partial charge in [0.1, 0.15) is 17.5 Å². The maximum atomic E-state index is 13.9. The third kappa shape index (κ3) is 3.35. The van der Waals surface area contributed by atoms with Crippen LogP contribution in [0.15, 0.2) is 18.2 Å². The van der Waals surface area contributed by atoms with Gasteiger partial charge in [0, 0.05) is 0 Å². The second-order valence-electron chi connectivity index (χ2n) is 4.66. The van der Waals surface area contributed by atoms with Crippen LogP contribution in [0, 0.1) is 17.7 Å². The zero-order chi connectivity index (χ0) is 15.3. The van der Waals surface area contributed by atoms with Crippen LogP contribution in [0.25, 0.3) is 0 Å². The molecule has 1 aromatic carbocycles. The molecule has 1 aromatic rings. The number of carbonyl (C=O) groups is 2. The fraction of sp³-hybridized carbons (Fsp3) is 0.467. The number of hydrogen-bond donors (Lipinski definition) is 0. The van der Waals surface area contributed by atoms with Gasteiger partial charge in [-0.15, -0.1) is 0 Å². The van der Waals surface area contributed by atoms with Crippen molar-refractivity contribution in [1.82, 2.24) is 0 Å². The number of ether oxygens (including phenoxy) is 2. The van der Waals surface area contributed by atoms with Crippen molar-refractivity contribution in [3.63, 3.8) is 0 Å². The molecule has 0 aliphatic rings. The topological polar surface area (TPSA) is 52.6 Å². The van der Waals surface area contributed by atoms with E-state index in [1.54, 1.807) is 20.8 Å². The second-order valence-corrected chi connectivity index (χ2v) is 4.66. The van der Waals surface area contributed by atoms with E-state index in [1.165, 1.54) is 19.2 Å². The number of esters is 1. The molecule has 0 amide bonds.